The highest BCUT2D eigenvalue weighted by atomic mass is 16.5. The number of methoxy groups -OCH3 is 1. The Morgan fingerprint density at radius 2 is 1.89 bits per heavy atom. The fourth-order valence-electron chi connectivity index (χ4n) is 2.71. The monoisotopic (exact) mass is 266 g/mol. The second-order valence-corrected chi connectivity index (χ2v) is 5.49. The Kier molecular flexibility index (Phi) is 4.84. The molecule has 0 aromatic heterocycles. The average molecular weight is 266 g/mol. The molecule has 2 aliphatic rings. The highest BCUT2D eigenvalue weighted by molar-refractivity contribution is 5.72. The van der Waals surface area contributed by atoms with E-state index in [1.807, 2.05) is 0 Å². The number of ether oxygens (including phenoxy) is 2. The molecular weight excluding hydrogens is 244 g/mol. The maximum Gasteiger partial charge on any atom is 0.308 e. The molecule has 1 saturated carbocycles. The van der Waals surface area contributed by atoms with Crippen molar-refractivity contribution >= 4 is 5.97 Å². The summed E-state index contributed by atoms with van der Waals surface area (Å²) in [5, 5.41) is 10.3. The molecule has 1 heterocycles. The third-order valence-electron chi connectivity index (χ3n) is 4.09. The van der Waals surface area contributed by atoms with Crippen molar-refractivity contribution < 1.29 is 19.4 Å². The zero-order valence-electron chi connectivity index (χ0n) is 11.5. The van der Waals surface area contributed by atoms with E-state index in [0.717, 1.165) is 25.7 Å². The van der Waals surface area contributed by atoms with Gasteiger partial charge in [-0.2, -0.15) is 0 Å². The minimum atomic E-state index is -0.864. The summed E-state index contributed by atoms with van der Waals surface area (Å²) in [6, 6.07) is 0. The molecule has 1 aliphatic heterocycles. The van der Waals surface area contributed by atoms with E-state index in [2.05, 4.69) is 11.8 Å². The van der Waals surface area contributed by atoms with E-state index in [9.17, 15) is 9.90 Å². The standard InChI is InChI=1S/C15H22O4/c1-18-14(16)13-4-2-12(3-5-13)6-7-15(17)8-10-19-11-9-15/h12-13,17H,2-5,8-11H2,1H3. The molecule has 0 aromatic rings. The van der Waals surface area contributed by atoms with Crippen molar-refractivity contribution in [1.82, 2.24) is 0 Å². The summed E-state index contributed by atoms with van der Waals surface area (Å²) in [4.78, 5) is 11.4. The van der Waals surface area contributed by atoms with Crippen molar-refractivity contribution in [2.45, 2.75) is 44.1 Å². The van der Waals surface area contributed by atoms with Crippen LogP contribution in [-0.2, 0) is 14.3 Å². The van der Waals surface area contributed by atoms with Crippen LogP contribution in [0.3, 0.4) is 0 Å². The SMILES string of the molecule is COC(=O)C1CCC(C#CC2(O)CCOCC2)CC1. The summed E-state index contributed by atoms with van der Waals surface area (Å²) < 4.78 is 10.00. The Morgan fingerprint density at radius 3 is 2.47 bits per heavy atom. The van der Waals surface area contributed by atoms with E-state index in [0.29, 0.717) is 32.0 Å². The van der Waals surface area contributed by atoms with Crippen LogP contribution in [0.4, 0.5) is 0 Å². The first-order chi connectivity index (χ1) is 9.13. The molecule has 4 heteroatoms. The number of esters is 1. The van der Waals surface area contributed by atoms with Crippen molar-refractivity contribution in [2.24, 2.45) is 11.8 Å². The number of hydrogen-bond donors (Lipinski definition) is 1. The van der Waals surface area contributed by atoms with Gasteiger partial charge in [0.25, 0.3) is 0 Å². The lowest BCUT2D eigenvalue weighted by molar-refractivity contribution is -0.146. The molecule has 2 rings (SSSR count). The minimum Gasteiger partial charge on any atom is -0.469 e. The summed E-state index contributed by atoms with van der Waals surface area (Å²) in [5.74, 6) is 6.47. The van der Waals surface area contributed by atoms with Gasteiger partial charge in [0.2, 0.25) is 0 Å². The molecule has 0 amide bonds. The van der Waals surface area contributed by atoms with Gasteiger partial charge in [0.1, 0.15) is 5.60 Å². The van der Waals surface area contributed by atoms with Crippen LogP contribution in [0.25, 0.3) is 0 Å². The second kappa shape index (κ2) is 6.40. The Bertz CT molecular complexity index is 365. The van der Waals surface area contributed by atoms with E-state index >= 15 is 0 Å². The van der Waals surface area contributed by atoms with Crippen LogP contribution in [0, 0.1) is 23.7 Å². The molecule has 0 unspecified atom stereocenters. The molecule has 4 nitrogen and oxygen atoms in total. The van der Waals surface area contributed by atoms with E-state index in [1.165, 1.54) is 7.11 Å². The van der Waals surface area contributed by atoms with Gasteiger partial charge in [-0.15, -0.1) is 0 Å². The van der Waals surface area contributed by atoms with Crippen LogP contribution in [-0.4, -0.2) is 37.0 Å². The van der Waals surface area contributed by atoms with Crippen LogP contribution < -0.4 is 0 Å². The lowest BCUT2D eigenvalue weighted by Crippen LogP contribution is -2.34. The molecule has 0 bridgehead atoms. The van der Waals surface area contributed by atoms with Gasteiger partial charge in [0, 0.05) is 18.8 Å². The van der Waals surface area contributed by atoms with Crippen LogP contribution in [0.5, 0.6) is 0 Å². The quantitative estimate of drug-likeness (QED) is 0.577. The fraction of sp³-hybridized carbons (Fsp3) is 0.800. The fourth-order valence-corrected chi connectivity index (χ4v) is 2.71. The molecular formula is C15H22O4. The molecule has 1 N–H and O–H groups in total. The Morgan fingerprint density at radius 1 is 1.26 bits per heavy atom. The molecule has 1 saturated heterocycles. The maximum absolute atomic E-state index is 11.4. The molecule has 0 radical (unpaired) electrons. The van der Waals surface area contributed by atoms with Crippen molar-refractivity contribution in [3.63, 3.8) is 0 Å². The topological polar surface area (TPSA) is 55.8 Å². The average Bonchev–Trinajstić information content (AvgIpc) is 2.46. The van der Waals surface area contributed by atoms with E-state index in [4.69, 9.17) is 9.47 Å². The van der Waals surface area contributed by atoms with Crippen molar-refractivity contribution in [2.75, 3.05) is 20.3 Å². The van der Waals surface area contributed by atoms with E-state index in [-0.39, 0.29) is 11.9 Å². The third-order valence-corrected chi connectivity index (χ3v) is 4.09. The zero-order valence-corrected chi connectivity index (χ0v) is 11.5. The Labute approximate surface area is 114 Å². The highest BCUT2D eigenvalue weighted by Crippen LogP contribution is 2.29. The minimum absolute atomic E-state index is 0.0363. The van der Waals surface area contributed by atoms with Gasteiger partial charge in [0.15, 0.2) is 0 Å². The van der Waals surface area contributed by atoms with Gasteiger partial charge in [0.05, 0.1) is 26.2 Å². The van der Waals surface area contributed by atoms with Crippen LogP contribution in [0.2, 0.25) is 0 Å². The molecule has 0 atom stereocenters. The first-order valence-corrected chi connectivity index (χ1v) is 7.03. The van der Waals surface area contributed by atoms with Gasteiger partial charge < -0.3 is 14.6 Å². The lowest BCUT2D eigenvalue weighted by atomic mass is 9.82. The van der Waals surface area contributed by atoms with Gasteiger partial charge >= 0.3 is 5.97 Å². The van der Waals surface area contributed by atoms with E-state index < -0.39 is 5.60 Å². The lowest BCUT2D eigenvalue weighted by Gasteiger charge is -2.28. The molecule has 2 fully saturated rings. The zero-order chi connectivity index (χ0) is 13.7. The van der Waals surface area contributed by atoms with Crippen LogP contribution >= 0.6 is 0 Å². The Balaban J connectivity index is 1.84. The van der Waals surface area contributed by atoms with Crippen LogP contribution in [0.15, 0.2) is 0 Å². The van der Waals surface area contributed by atoms with Gasteiger partial charge in [-0.3, -0.25) is 4.79 Å². The molecule has 1 aliphatic carbocycles. The molecule has 0 aromatic carbocycles. The maximum atomic E-state index is 11.4. The molecule has 19 heavy (non-hydrogen) atoms. The summed E-state index contributed by atoms with van der Waals surface area (Å²) in [6.07, 6.45) is 4.70. The first-order valence-electron chi connectivity index (χ1n) is 7.03. The van der Waals surface area contributed by atoms with Crippen molar-refractivity contribution in [1.29, 1.82) is 0 Å². The Hall–Kier alpha value is -1.05. The summed E-state index contributed by atoms with van der Waals surface area (Å²) in [7, 11) is 1.44. The van der Waals surface area contributed by atoms with Gasteiger partial charge in [-0.1, -0.05) is 11.8 Å². The summed E-state index contributed by atoms with van der Waals surface area (Å²) in [5.41, 5.74) is -0.864. The largest absolute Gasteiger partial charge is 0.469 e. The predicted molar refractivity (Wildman–Crippen MR) is 70.2 cm³/mol. The molecule has 106 valence electrons. The van der Waals surface area contributed by atoms with E-state index in [1.54, 1.807) is 0 Å². The predicted octanol–water partition coefficient (Wildman–Crippen LogP) is 1.51. The highest BCUT2D eigenvalue weighted by Gasteiger charge is 2.29. The summed E-state index contributed by atoms with van der Waals surface area (Å²) >= 11 is 0. The smallest absolute Gasteiger partial charge is 0.308 e. The third kappa shape index (κ3) is 3.95. The number of rotatable bonds is 1. The number of carbonyl (C=O) groups is 1. The van der Waals surface area contributed by atoms with Crippen LogP contribution in [0.1, 0.15) is 38.5 Å². The van der Waals surface area contributed by atoms with Crippen molar-refractivity contribution in [3.8, 4) is 11.8 Å². The first kappa shape index (κ1) is 14.4. The second-order valence-electron chi connectivity index (χ2n) is 5.49. The van der Waals surface area contributed by atoms with Crippen molar-refractivity contribution in [3.05, 3.63) is 0 Å². The van der Waals surface area contributed by atoms with Gasteiger partial charge in [-0.25, -0.2) is 0 Å². The van der Waals surface area contributed by atoms with Gasteiger partial charge in [-0.05, 0) is 25.7 Å². The number of carbonyl (C=O) groups excluding carboxylic acids is 1. The molecule has 0 spiro atoms. The normalized spacial score (nSPS) is 30.0. The summed E-state index contributed by atoms with van der Waals surface area (Å²) in [6.45, 7) is 1.17. The number of aliphatic hydroxyl groups is 1. The number of hydrogen-bond acceptors (Lipinski definition) is 4.